The SMILES string of the molecule is C=C(C)C1CCN2CCCCC2C1O. The Balaban J connectivity index is 2.06. The van der Waals surface area contributed by atoms with E-state index in [1.54, 1.807) is 0 Å². The van der Waals surface area contributed by atoms with Gasteiger partial charge in [-0.05, 0) is 39.3 Å². The highest BCUT2D eigenvalue weighted by Crippen LogP contribution is 2.32. The summed E-state index contributed by atoms with van der Waals surface area (Å²) in [6.07, 6.45) is 4.68. The highest BCUT2D eigenvalue weighted by Gasteiger charge is 2.37. The maximum Gasteiger partial charge on any atom is 0.0760 e. The van der Waals surface area contributed by atoms with Crippen molar-refractivity contribution in [2.45, 2.75) is 44.8 Å². The molecule has 2 fully saturated rings. The van der Waals surface area contributed by atoms with E-state index in [1.165, 1.54) is 25.8 Å². The molecule has 0 spiro atoms. The third kappa shape index (κ3) is 1.73. The van der Waals surface area contributed by atoms with E-state index in [-0.39, 0.29) is 6.10 Å². The number of piperidine rings is 2. The van der Waals surface area contributed by atoms with Gasteiger partial charge < -0.3 is 5.11 Å². The van der Waals surface area contributed by atoms with Crippen LogP contribution in [0.3, 0.4) is 0 Å². The molecule has 0 bridgehead atoms. The fourth-order valence-electron chi connectivity index (χ4n) is 2.96. The van der Waals surface area contributed by atoms with Crippen molar-refractivity contribution in [3.63, 3.8) is 0 Å². The van der Waals surface area contributed by atoms with E-state index in [9.17, 15) is 5.11 Å². The van der Waals surface area contributed by atoms with Crippen LogP contribution >= 0.6 is 0 Å². The van der Waals surface area contributed by atoms with Gasteiger partial charge in [0.2, 0.25) is 0 Å². The highest BCUT2D eigenvalue weighted by atomic mass is 16.3. The molecular weight excluding hydrogens is 174 g/mol. The normalized spacial score (nSPS) is 39.1. The quantitative estimate of drug-likeness (QED) is 0.645. The second-order valence-corrected chi connectivity index (χ2v) is 4.83. The molecule has 2 aliphatic heterocycles. The molecule has 1 N–H and O–H groups in total. The average molecular weight is 195 g/mol. The second-order valence-electron chi connectivity index (χ2n) is 4.83. The molecule has 80 valence electrons. The average Bonchev–Trinajstić information content (AvgIpc) is 2.18. The first-order valence-corrected chi connectivity index (χ1v) is 5.77. The van der Waals surface area contributed by atoms with Crippen LogP contribution in [0.5, 0.6) is 0 Å². The van der Waals surface area contributed by atoms with Gasteiger partial charge in [-0.25, -0.2) is 0 Å². The van der Waals surface area contributed by atoms with Gasteiger partial charge in [-0.3, -0.25) is 4.90 Å². The lowest BCUT2D eigenvalue weighted by Crippen LogP contribution is -2.54. The lowest BCUT2D eigenvalue weighted by atomic mass is 9.80. The Labute approximate surface area is 86.6 Å². The molecule has 0 amide bonds. The summed E-state index contributed by atoms with van der Waals surface area (Å²) in [6, 6.07) is 0.416. The molecule has 3 unspecified atom stereocenters. The molecule has 2 rings (SSSR count). The van der Waals surface area contributed by atoms with E-state index in [0.717, 1.165) is 18.5 Å². The standard InChI is InChI=1S/C12H21NO/c1-9(2)10-6-8-13-7-4-3-5-11(13)12(10)14/h10-12,14H,1,3-8H2,2H3. The Bertz CT molecular complexity index is 226. The van der Waals surface area contributed by atoms with Crippen LogP contribution in [0.1, 0.15) is 32.6 Å². The van der Waals surface area contributed by atoms with Gasteiger partial charge in [0.1, 0.15) is 0 Å². The van der Waals surface area contributed by atoms with Crippen molar-refractivity contribution in [1.82, 2.24) is 4.90 Å². The van der Waals surface area contributed by atoms with Gasteiger partial charge in [-0.15, -0.1) is 0 Å². The van der Waals surface area contributed by atoms with Crippen LogP contribution in [0.15, 0.2) is 12.2 Å². The number of fused-ring (bicyclic) bond motifs is 1. The van der Waals surface area contributed by atoms with Crippen LogP contribution in [0.4, 0.5) is 0 Å². The Morgan fingerprint density at radius 3 is 2.79 bits per heavy atom. The van der Waals surface area contributed by atoms with E-state index in [0.29, 0.717) is 12.0 Å². The van der Waals surface area contributed by atoms with E-state index >= 15 is 0 Å². The number of rotatable bonds is 1. The molecule has 0 radical (unpaired) electrons. The summed E-state index contributed by atoms with van der Waals surface area (Å²) in [6.45, 7) is 8.37. The minimum Gasteiger partial charge on any atom is -0.391 e. The first-order chi connectivity index (χ1) is 6.70. The van der Waals surface area contributed by atoms with Gasteiger partial charge in [0.15, 0.2) is 0 Å². The first-order valence-electron chi connectivity index (χ1n) is 5.77. The minimum absolute atomic E-state index is 0.165. The predicted octanol–water partition coefficient (Wildman–Crippen LogP) is 1.80. The maximum absolute atomic E-state index is 10.2. The molecule has 2 aliphatic rings. The maximum atomic E-state index is 10.2. The monoisotopic (exact) mass is 195 g/mol. The summed E-state index contributed by atoms with van der Waals surface area (Å²) in [4.78, 5) is 2.47. The molecular formula is C12H21NO. The molecule has 0 aromatic carbocycles. The summed E-state index contributed by atoms with van der Waals surface area (Å²) >= 11 is 0. The van der Waals surface area contributed by atoms with Crippen molar-refractivity contribution in [3.8, 4) is 0 Å². The van der Waals surface area contributed by atoms with Crippen LogP contribution in [0, 0.1) is 5.92 Å². The zero-order chi connectivity index (χ0) is 10.1. The lowest BCUT2D eigenvalue weighted by Gasteiger charge is -2.46. The fraction of sp³-hybridized carbons (Fsp3) is 0.833. The van der Waals surface area contributed by atoms with Crippen LogP contribution in [0.2, 0.25) is 0 Å². The molecule has 0 aromatic rings. The third-order valence-electron chi connectivity index (χ3n) is 3.83. The minimum atomic E-state index is -0.165. The highest BCUT2D eigenvalue weighted by molar-refractivity contribution is 5.05. The Kier molecular flexibility index (Phi) is 2.93. The Morgan fingerprint density at radius 2 is 2.07 bits per heavy atom. The van der Waals surface area contributed by atoms with Crippen LogP contribution < -0.4 is 0 Å². The van der Waals surface area contributed by atoms with E-state index in [4.69, 9.17) is 0 Å². The largest absolute Gasteiger partial charge is 0.391 e. The second kappa shape index (κ2) is 4.03. The molecule has 0 aromatic heterocycles. The molecule has 2 heterocycles. The number of hydrogen-bond acceptors (Lipinski definition) is 2. The number of nitrogens with zero attached hydrogens (tertiary/aromatic N) is 1. The topological polar surface area (TPSA) is 23.5 Å². The van der Waals surface area contributed by atoms with Crippen molar-refractivity contribution in [1.29, 1.82) is 0 Å². The van der Waals surface area contributed by atoms with Crippen molar-refractivity contribution in [2.75, 3.05) is 13.1 Å². The van der Waals surface area contributed by atoms with Crippen molar-refractivity contribution < 1.29 is 5.11 Å². The van der Waals surface area contributed by atoms with Crippen molar-refractivity contribution in [3.05, 3.63) is 12.2 Å². The van der Waals surface area contributed by atoms with Crippen LogP contribution in [0.25, 0.3) is 0 Å². The molecule has 0 aliphatic carbocycles. The molecule has 14 heavy (non-hydrogen) atoms. The molecule has 3 atom stereocenters. The molecule has 2 saturated heterocycles. The summed E-state index contributed by atoms with van der Waals surface area (Å²) < 4.78 is 0. The molecule has 0 saturated carbocycles. The summed E-state index contributed by atoms with van der Waals surface area (Å²) in [5.41, 5.74) is 1.16. The first kappa shape index (κ1) is 10.2. The van der Waals surface area contributed by atoms with E-state index in [2.05, 4.69) is 11.5 Å². The van der Waals surface area contributed by atoms with Gasteiger partial charge in [-0.1, -0.05) is 18.6 Å². The number of hydrogen-bond donors (Lipinski definition) is 1. The van der Waals surface area contributed by atoms with Gasteiger partial charge in [0.25, 0.3) is 0 Å². The summed E-state index contributed by atoms with van der Waals surface area (Å²) in [5, 5.41) is 10.2. The van der Waals surface area contributed by atoms with Gasteiger partial charge in [0.05, 0.1) is 6.10 Å². The zero-order valence-corrected chi connectivity index (χ0v) is 9.08. The van der Waals surface area contributed by atoms with Gasteiger partial charge in [0, 0.05) is 12.0 Å². The van der Waals surface area contributed by atoms with E-state index in [1.807, 2.05) is 6.92 Å². The van der Waals surface area contributed by atoms with Crippen molar-refractivity contribution >= 4 is 0 Å². The molecule has 2 heteroatoms. The fourth-order valence-corrected chi connectivity index (χ4v) is 2.96. The summed E-state index contributed by atoms with van der Waals surface area (Å²) in [7, 11) is 0. The van der Waals surface area contributed by atoms with Crippen LogP contribution in [-0.4, -0.2) is 35.2 Å². The summed E-state index contributed by atoms with van der Waals surface area (Å²) in [5.74, 6) is 0.342. The van der Waals surface area contributed by atoms with E-state index < -0.39 is 0 Å². The smallest absolute Gasteiger partial charge is 0.0760 e. The number of aliphatic hydroxyl groups is 1. The Morgan fingerprint density at radius 1 is 1.29 bits per heavy atom. The van der Waals surface area contributed by atoms with Gasteiger partial charge in [-0.2, -0.15) is 0 Å². The van der Waals surface area contributed by atoms with Crippen molar-refractivity contribution in [2.24, 2.45) is 5.92 Å². The van der Waals surface area contributed by atoms with Gasteiger partial charge >= 0.3 is 0 Å². The predicted molar refractivity (Wildman–Crippen MR) is 58.1 cm³/mol. The molecule has 2 nitrogen and oxygen atoms in total. The Hall–Kier alpha value is -0.340. The van der Waals surface area contributed by atoms with Crippen LogP contribution in [-0.2, 0) is 0 Å². The third-order valence-corrected chi connectivity index (χ3v) is 3.83. The zero-order valence-electron chi connectivity index (χ0n) is 9.08. The number of aliphatic hydroxyl groups excluding tert-OH is 1. The lowest BCUT2D eigenvalue weighted by molar-refractivity contribution is -0.0351.